The Hall–Kier alpha value is -1.32. The molecule has 0 radical (unpaired) electrons. The van der Waals surface area contributed by atoms with E-state index in [1.807, 2.05) is 6.07 Å². The molecule has 0 aliphatic heterocycles. The lowest BCUT2D eigenvalue weighted by atomic mass is 10.00. The largest absolute Gasteiger partial charge is 0.472 e. The van der Waals surface area contributed by atoms with E-state index in [4.69, 9.17) is 16.0 Å². The van der Waals surface area contributed by atoms with Crippen LogP contribution in [0.1, 0.15) is 17.2 Å². The fourth-order valence-electron chi connectivity index (χ4n) is 1.84. The Balaban J connectivity index is 2.29. The van der Waals surface area contributed by atoms with Gasteiger partial charge in [-0.3, -0.25) is 0 Å². The summed E-state index contributed by atoms with van der Waals surface area (Å²) >= 11 is 6.04. The number of rotatable bonds is 4. The normalized spacial score (nSPS) is 12.6. The van der Waals surface area contributed by atoms with Crippen LogP contribution < -0.4 is 5.32 Å². The van der Waals surface area contributed by atoms with Crippen molar-refractivity contribution < 1.29 is 8.81 Å². The first-order valence-electron chi connectivity index (χ1n) is 5.34. The highest BCUT2D eigenvalue weighted by atomic mass is 35.5. The summed E-state index contributed by atoms with van der Waals surface area (Å²) in [6.07, 6.45) is 3.89. The maximum Gasteiger partial charge on any atom is 0.129 e. The van der Waals surface area contributed by atoms with Gasteiger partial charge in [0.2, 0.25) is 0 Å². The minimum Gasteiger partial charge on any atom is -0.472 e. The van der Waals surface area contributed by atoms with Crippen molar-refractivity contribution in [2.24, 2.45) is 0 Å². The van der Waals surface area contributed by atoms with Crippen LogP contribution in [0.15, 0.2) is 41.2 Å². The molecule has 1 N–H and O–H groups in total. The highest BCUT2D eigenvalue weighted by molar-refractivity contribution is 6.31. The highest BCUT2D eigenvalue weighted by Crippen LogP contribution is 2.28. The average Bonchev–Trinajstić information content (AvgIpc) is 2.80. The van der Waals surface area contributed by atoms with E-state index in [9.17, 15) is 4.39 Å². The lowest BCUT2D eigenvalue weighted by Gasteiger charge is -2.17. The summed E-state index contributed by atoms with van der Waals surface area (Å²) < 4.78 is 18.8. The van der Waals surface area contributed by atoms with Crippen LogP contribution in [-0.4, -0.2) is 7.05 Å². The molecule has 0 bridgehead atoms. The van der Waals surface area contributed by atoms with Crippen LogP contribution in [0.2, 0.25) is 5.02 Å². The van der Waals surface area contributed by atoms with Crippen LogP contribution in [0.5, 0.6) is 0 Å². The maximum atomic E-state index is 13.8. The van der Waals surface area contributed by atoms with Crippen molar-refractivity contribution in [1.82, 2.24) is 5.32 Å². The monoisotopic (exact) mass is 253 g/mol. The van der Waals surface area contributed by atoms with Crippen molar-refractivity contribution in [3.63, 3.8) is 0 Å². The van der Waals surface area contributed by atoms with E-state index < -0.39 is 0 Å². The average molecular weight is 254 g/mol. The number of nitrogens with one attached hydrogen (secondary N) is 1. The molecule has 0 fully saturated rings. The quantitative estimate of drug-likeness (QED) is 0.901. The summed E-state index contributed by atoms with van der Waals surface area (Å²) in [6.45, 7) is 0. The third-order valence-corrected chi connectivity index (χ3v) is 3.05. The first kappa shape index (κ1) is 12.1. The number of furan rings is 1. The second-order valence-corrected chi connectivity index (χ2v) is 4.22. The summed E-state index contributed by atoms with van der Waals surface area (Å²) in [5, 5.41) is 3.51. The minimum absolute atomic E-state index is 0.165. The molecule has 90 valence electrons. The van der Waals surface area contributed by atoms with Crippen molar-refractivity contribution in [2.75, 3.05) is 7.05 Å². The van der Waals surface area contributed by atoms with Gasteiger partial charge in [0.1, 0.15) is 5.82 Å². The number of likely N-dealkylation sites (N-methyl/N-ethyl adjacent to an activating group) is 1. The zero-order chi connectivity index (χ0) is 12.3. The van der Waals surface area contributed by atoms with Gasteiger partial charge in [-0.1, -0.05) is 17.7 Å². The standard InChI is InChI=1S/C13H13ClFNO/c1-16-12(7-9-5-6-17-8-9)13-10(14)3-2-4-11(13)15/h2-6,8,12,16H,7H2,1H3. The Morgan fingerprint density at radius 1 is 1.41 bits per heavy atom. The Morgan fingerprint density at radius 3 is 2.82 bits per heavy atom. The summed E-state index contributed by atoms with van der Waals surface area (Å²) in [5.74, 6) is -0.291. The van der Waals surface area contributed by atoms with E-state index in [0.717, 1.165) is 5.56 Å². The molecular formula is C13H13ClFNO. The molecule has 1 heterocycles. The Labute approximate surface area is 104 Å². The van der Waals surface area contributed by atoms with Crippen molar-refractivity contribution in [1.29, 1.82) is 0 Å². The Morgan fingerprint density at radius 2 is 2.24 bits per heavy atom. The zero-order valence-corrected chi connectivity index (χ0v) is 10.2. The van der Waals surface area contributed by atoms with Crippen LogP contribution in [0.4, 0.5) is 4.39 Å². The predicted molar refractivity (Wildman–Crippen MR) is 65.6 cm³/mol. The molecule has 2 rings (SSSR count). The summed E-state index contributed by atoms with van der Waals surface area (Å²) in [7, 11) is 1.79. The topological polar surface area (TPSA) is 25.2 Å². The SMILES string of the molecule is CNC(Cc1ccoc1)c1c(F)cccc1Cl. The van der Waals surface area contributed by atoms with Crippen molar-refractivity contribution in [3.05, 3.63) is 58.8 Å². The summed E-state index contributed by atoms with van der Waals surface area (Å²) in [4.78, 5) is 0. The molecule has 2 nitrogen and oxygen atoms in total. The van der Waals surface area contributed by atoms with Gasteiger partial charge < -0.3 is 9.73 Å². The first-order chi connectivity index (χ1) is 8.22. The molecule has 1 unspecified atom stereocenters. The lowest BCUT2D eigenvalue weighted by Crippen LogP contribution is -2.20. The van der Waals surface area contributed by atoms with Gasteiger partial charge in [0.05, 0.1) is 12.5 Å². The molecule has 0 amide bonds. The number of hydrogen-bond acceptors (Lipinski definition) is 2. The van der Waals surface area contributed by atoms with Crippen molar-refractivity contribution in [2.45, 2.75) is 12.5 Å². The van der Waals surface area contributed by atoms with Crippen LogP contribution in [0, 0.1) is 5.82 Å². The van der Waals surface area contributed by atoms with Gasteiger partial charge >= 0.3 is 0 Å². The predicted octanol–water partition coefficient (Wildman–Crippen LogP) is 3.58. The van der Waals surface area contributed by atoms with Crippen molar-refractivity contribution >= 4 is 11.6 Å². The fourth-order valence-corrected chi connectivity index (χ4v) is 2.13. The Bertz CT molecular complexity index is 464. The van der Waals surface area contributed by atoms with E-state index in [1.165, 1.54) is 6.07 Å². The van der Waals surface area contributed by atoms with Gasteiger partial charge in [-0.2, -0.15) is 0 Å². The Kier molecular flexibility index (Phi) is 3.82. The molecule has 1 aromatic carbocycles. The first-order valence-corrected chi connectivity index (χ1v) is 5.72. The second kappa shape index (κ2) is 5.34. The molecule has 17 heavy (non-hydrogen) atoms. The van der Waals surface area contributed by atoms with Gasteiger partial charge in [0.25, 0.3) is 0 Å². The second-order valence-electron chi connectivity index (χ2n) is 3.81. The van der Waals surface area contributed by atoms with Crippen LogP contribution in [0.25, 0.3) is 0 Å². The number of hydrogen-bond donors (Lipinski definition) is 1. The van der Waals surface area contributed by atoms with Crippen molar-refractivity contribution in [3.8, 4) is 0 Å². The number of halogens is 2. The van der Waals surface area contributed by atoms with Gasteiger partial charge in [0.15, 0.2) is 0 Å². The molecule has 0 aliphatic rings. The molecule has 0 spiro atoms. The zero-order valence-electron chi connectivity index (χ0n) is 9.41. The van der Waals surface area contributed by atoms with E-state index in [2.05, 4.69) is 5.32 Å². The lowest BCUT2D eigenvalue weighted by molar-refractivity contribution is 0.526. The van der Waals surface area contributed by atoms with Gasteiger partial charge in [0, 0.05) is 16.6 Å². The third-order valence-electron chi connectivity index (χ3n) is 2.72. The molecule has 0 saturated carbocycles. The van der Waals surface area contributed by atoms with E-state index in [-0.39, 0.29) is 11.9 Å². The van der Waals surface area contributed by atoms with E-state index >= 15 is 0 Å². The molecule has 4 heteroatoms. The van der Waals surface area contributed by atoms with Gasteiger partial charge in [-0.05, 0) is 37.2 Å². The highest BCUT2D eigenvalue weighted by Gasteiger charge is 2.18. The van der Waals surface area contributed by atoms with Crippen LogP contribution in [0.3, 0.4) is 0 Å². The molecule has 0 saturated heterocycles. The van der Waals surface area contributed by atoms with Gasteiger partial charge in [-0.25, -0.2) is 4.39 Å². The molecule has 0 aliphatic carbocycles. The minimum atomic E-state index is -0.291. The van der Waals surface area contributed by atoms with E-state index in [0.29, 0.717) is 17.0 Å². The third kappa shape index (κ3) is 2.68. The van der Waals surface area contributed by atoms with Gasteiger partial charge in [-0.15, -0.1) is 0 Å². The fraction of sp³-hybridized carbons (Fsp3) is 0.231. The number of benzene rings is 1. The van der Waals surface area contributed by atoms with Crippen LogP contribution in [-0.2, 0) is 6.42 Å². The summed E-state index contributed by atoms with van der Waals surface area (Å²) in [6, 6.07) is 6.41. The van der Waals surface area contributed by atoms with Crippen LogP contribution >= 0.6 is 11.6 Å². The molecule has 1 atom stereocenters. The smallest absolute Gasteiger partial charge is 0.129 e. The molecule has 1 aromatic heterocycles. The van der Waals surface area contributed by atoms with E-state index in [1.54, 1.807) is 31.7 Å². The molecular weight excluding hydrogens is 241 g/mol. The molecule has 2 aromatic rings. The summed E-state index contributed by atoms with van der Waals surface area (Å²) in [5.41, 5.74) is 1.50. The maximum absolute atomic E-state index is 13.8.